The maximum absolute atomic E-state index is 13.0. The van der Waals surface area contributed by atoms with Crippen molar-refractivity contribution in [3.05, 3.63) is 109 Å². The van der Waals surface area contributed by atoms with Gasteiger partial charge in [-0.2, -0.15) is 0 Å². The zero-order valence-corrected chi connectivity index (χ0v) is 16.6. The van der Waals surface area contributed by atoms with Gasteiger partial charge in [0.05, 0.1) is 11.5 Å². The van der Waals surface area contributed by atoms with Gasteiger partial charge in [0.2, 0.25) is 0 Å². The van der Waals surface area contributed by atoms with Crippen molar-refractivity contribution in [2.24, 2.45) is 0 Å². The third-order valence-corrected chi connectivity index (χ3v) is 5.89. The van der Waals surface area contributed by atoms with Crippen LogP contribution in [-0.2, 0) is 0 Å². The summed E-state index contributed by atoms with van der Waals surface area (Å²) in [4.78, 5) is 14.0. The van der Waals surface area contributed by atoms with Crippen molar-refractivity contribution in [1.29, 1.82) is 0 Å². The Morgan fingerprint density at radius 3 is 2.31 bits per heavy atom. The number of ketones is 1. The first-order chi connectivity index (χ1) is 14.2. The maximum Gasteiger partial charge on any atom is 0.164 e. The molecule has 1 aromatic heterocycles. The number of benzene rings is 3. The number of anilines is 1. The van der Waals surface area contributed by atoms with Crippen molar-refractivity contribution in [3.8, 4) is 11.1 Å². The van der Waals surface area contributed by atoms with Gasteiger partial charge in [0.25, 0.3) is 0 Å². The topological polar surface area (TPSA) is 56.2 Å². The average Bonchev–Trinajstić information content (AvgIpc) is 3.29. The van der Waals surface area contributed by atoms with E-state index < -0.39 is 0 Å². The second kappa shape index (κ2) is 8.84. The summed E-state index contributed by atoms with van der Waals surface area (Å²) < 4.78 is 5.61. The molecule has 0 radical (unpaired) electrons. The summed E-state index contributed by atoms with van der Waals surface area (Å²) in [5.41, 5.74) is 9.54. The minimum absolute atomic E-state index is 0.0856. The highest BCUT2D eigenvalue weighted by Gasteiger charge is 2.21. The monoisotopic (exact) mass is 399 g/mol. The van der Waals surface area contributed by atoms with Crippen LogP contribution in [-0.4, -0.2) is 5.78 Å². The first kappa shape index (κ1) is 19.1. The largest absolute Gasteiger partial charge is 0.468 e. The van der Waals surface area contributed by atoms with Gasteiger partial charge in [-0.15, -0.1) is 11.8 Å². The molecule has 0 aliphatic rings. The van der Waals surface area contributed by atoms with Gasteiger partial charge in [0.15, 0.2) is 5.78 Å². The van der Waals surface area contributed by atoms with E-state index >= 15 is 0 Å². The summed E-state index contributed by atoms with van der Waals surface area (Å²) in [5.74, 6) is 0.870. The van der Waals surface area contributed by atoms with Gasteiger partial charge >= 0.3 is 0 Å². The molecule has 0 spiro atoms. The molecule has 0 aliphatic carbocycles. The number of nitrogens with two attached hydrogens (primary N) is 1. The summed E-state index contributed by atoms with van der Waals surface area (Å²) >= 11 is 1.59. The van der Waals surface area contributed by atoms with Crippen LogP contribution in [0, 0.1) is 0 Å². The summed E-state index contributed by atoms with van der Waals surface area (Å²) in [6, 6.07) is 29.4. The molecular weight excluding hydrogens is 378 g/mol. The Bertz CT molecular complexity index is 1070. The van der Waals surface area contributed by atoms with Crippen molar-refractivity contribution in [1.82, 2.24) is 0 Å². The quantitative estimate of drug-likeness (QED) is 0.215. The minimum atomic E-state index is -0.118. The van der Waals surface area contributed by atoms with Gasteiger partial charge in [-0.3, -0.25) is 4.79 Å². The molecule has 4 aromatic rings. The Kier molecular flexibility index (Phi) is 5.82. The van der Waals surface area contributed by atoms with Crippen LogP contribution in [0.4, 0.5) is 5.69 Å². The van der Waals surface area contributed by atoms with Crippen LogP contribution in [0.25, 0.3) is 11.1 Å². The summed E-state index contributed by atoms with van der Waals surface area (Å²) in [6.07, 6.45) is 1.99. The number of carbonyl (C=O) groups is 1. The van der Waals surface area contributed by atoms with Gasteiger partial charge in [-0.1, -0.05) is 60.7 Å². The molecule has 3 aromatic carbocycles. The normalized spacial score (nSPS) is 11.9. The van der Waals surface area contributed by atoms with Gasteiger partial charge in [0, 0.05) is 22.6 Å². The average molecular weight is 400 g/mol. The number of carbonyl (C=O) groups excluding carboxylic acids is 1. The Hall–Kier alpha value is -3.24. The lowest BCUT2D eigenvalue weighted by Crippen LogP contribution is -2.05. The number of hydrogen-bond donors (Lipinski definition) is 1. The van der Waals surface area contributed by atoms with Crippen LogP contribution in [0.2, 0.25) is 0 Å². The lowest BCUT2D eigenvalue weighted by Gasteiger charge is -2.14. The lowest BCUT2D eigenvalue weighted by atomic mass is 10.0. The van der Waals surface area contributed by atoms with Crippen LogP contribution in [0.1, 0.15) is 27.8 Å². The van der Waals surface area contributed by atoms with Crippen molar-refractivity contribution < 1.29 is 9.21 Å². The molecule has 0 saturated carbocycles. The number of hydrogen-bond acceptors (Lipinski definition) is 4. The standard InChI is InChI=1S/C25H21NO2S/c26-21-8-4-9-22(16-21)29-25(24-10-5-15-28-24)17-23(27)20-13-11-19(12-14-20)18-6-2-1-3-7-18/h1-16,25H,17,26H2/t25-/m1/s1. The van der Waals surface area contributed by atoms with E-state index in [1.807, 2.05) is 78.9 Å². The zero-order chi connectivity index (χ0) is 20.1. The van der Waals surface area contributed by atoms with Crippen molar-refractivity contribution >= 4 is 23.2 Å². The predicted octanol–water partition coefficient (Wildman–Crippen LogP) is 6.64. The van der Waals surface area contributed by atoms with Gasteiger partial charge in [-0.25, -0.2) is 0 Å². The molecule has 0 aliphatic heterocycles. The highest BCUT2D eigenvalue weighted by Crippen LogP contribution is 2.39. The summed E-state index contributed by atoms with van der Waals surface area (Å²) in [7, 11) is 0. The molecule has 0 amide bonds. The number of rotatable bonds is 7. The van der Waals surface area contributed by atoms with E-state index in [1.54, 1.807) is 18.0 Å². The molecule has 3 nitrogen and oxygen atoms in total. The fourth-order valence-corrected chi connectivity index (χ4v) is 4.37. The van der Waals surface area contributed by atoms with Crippen molar-refractivity contribution in [2.75, 3.05) is 5.73 Å². The fraction of sp³-hybridized carbons (Fsp3) is 0.0800. The lowest BCUT2D eigenvalue weighted by molar-refractivity contribution is 0.0980. The highest BCUT2D eigenvalue weighted by atomic mass is 32.2. The van der Waals surface area contributed by atoms with Crippen LogP contribution >= 0.6 is 11.8 Å². The molecule has 1 heterocycles. The molecule has 0 saturated heterocycles. The maximum atomic E-state index is 13.0. The van der Waals surface area contributed by atoms with Gasteiger partial charge < -0.3 is 10.2 Å². The third kappa shape index (κ3) is 4.79. The number of nitrogen functional groups attached to an aromatic ring is 1. The van der Waals surface area contributed by atoms with Crippen molar-refractivity contribution in [2.45, 2.75) is 16.6 Å². The molecule has 144 valence electrons. The minimum Gasteiger partial charge on any atom is -0.468 e. The van der Waals surface area contributed by atoms with Crippen LogP contribution in [0.15, 0.2) is 107 Å². The molecule has 29 heavy (non-hydrogen) atoms. The summed E-state index contributed by atoms with van der Waals surface area (Å²) in [6.45, 7) is 0. The number of furan rings is 1. The van der Waals surface area contributed by atoms with E-state index in [4.69, 9.17) is 10.2 Å². The fourth-order valence-electron chi connectivity index (χ4n) is 3.19. The Balaban J connectivity index is 1.52. The first-order valence-electron chi connectivity index (χ1n) is 9.43. The van der Waals surface area contributed by atoms with Gasteiger partial charge in [-0.05, 0) is 41.5 Å². The molecular formula is C25H21NO2S. The number of Topliss-reactive ketones (excluding diaryl/α,β-unsaturated/α-hetero) is 1. The molecule has 0 unspecified atom stereocenters. The second-order valence-electron chi connectivity index (χ2n) is 6.77. The summed E-state index contributed by atoms with van der Waals surface area (Å²) in [5, 5.41) is -0.118. The van der Waals surface area contributed by atoms with Gasteiger partial charge in [0.1, 0.15) is 5.76 Å². The van der Waals surface area contributed by atoms with E-state index in [0.717, 1.165) is 21.8 Å². The molecule has 4 heteroatoms. The zero-order valence-electron chi connectivity index (χ0n) is 15.8. The molecule has 0 bridgehead atoms. The Morgan fingerprint density at radius 2 is 1.62 bits per heavy atom. The second-order valence-corrected chi connectivity index (χ2v) is 8.04. The highest BCUT2D eigenvalue weighted by molar-refractivity contribution is 7.99. The smallest absolute Gasteiger partial charge is 0.164 e. The van der Waals surface area contributed by atoms with E-state index in [9.17, 15) is 4.79 Å². The van der Waals surface area contributed by atoms with Crippen LogP contribution in [0.5, 0.6) is 0 Å². The molecule has 1 atom stereocenters. The molecule has 0 fully saturated rings. The molecule has 2 N–H and O–H groups in total. The van der Waals surface area contributed by atoms with E-state index in [2.05, 4.69) is 12.1 Å². The van der Waals surface area contributed by atoms with Crippen LogP contribution < -0.4 is 5.73 Å². The number of thioether (sulfide) groups is 1. The Morgan fingerprint density at radius 1 is 0.862 bits per heavy atom. The first-order valence-corrected chi connectivity index (χ1v) is 10.3. The third-order valence-electron chi connectivity index (χ3n) is 4.68. The van der Waals surface area contributed by atoms with E-state index in [0.29, 0.717) is 17.7 Å². The van der Waals surface area contributed by atoms with Crippen molar-refractivity contribution in [3.63, 3.8) is 0 Å². The molecule has 4 rings (SSSR count). The van der Waals surface area contributed by atoms with E-state index in [1.165, 1.54) is 0 Å². The SMILES string of the molecule is Nc1cccc(S[C@H](CC(=O)c2ccc(-c3ccccc3)cc2)c2ccco2)c1. The predicted molar refractivity (Wildman–Crippen MR) is 119 cm³/mol. The Labute approximate surface area is 174 Å². The van der Waals surface area contributed by atoms with Crippen LogP contribution in [0.3, 0.4) is 0 Å². The van der Waals surface area contributed by atoms with E-state index in [-0.39, 0.29) is 11.0 Å².